The zero-order valence-electron chi connectivity index (χ0n) is 6.23. The second-order valence-electron chi connectivity index (χ2n) is 3.07. The van der Waals surface area contributed by atoms with Gasteiger partial charge in [0.2, 0.25) is 0 Å². The minimum atomic E-state index is -2.46. The van der Waals surface area contributed by atoms with Crippen LogP contribution in [0.1, 0.15) is 17.9 Å². The molecule has 0 amide bonds. The van der Waals surface area contributed by atoms with E-state index in [1.807, 2.05) is 6.07 Å². The minimum absolute atomic E-state index is 0.00343. The highest BCUT2D eigenvalue weighted by atomic mass is 79.9. The van der Waals surface area contributed by atoms with Gasteiger partial charge >= 0.3 is 0 Å². The predicted octanol–water partition coefficient (Wildman–Crippen LogP) is 3.57. The monoisotopic (exact) mass is 232 g/mol. The second kappa shape index (κ2) is 2.52. The van der Waals surface area contributed by atoms with Gasteiger partial charge in [0.1, 0.15) is 0 Å². The van der Waals surface area contributed by atoms with Gasteiger partial charge in [0, 0.05) is 10.9 Å². The van der Waals surface area contributed by atoms with Crippen LogP contribution < -0.4 is 0 Å². The highest BCUT2D eigenvalue weighted by molar-refractivity contribution is 9.10. The van der Waals surface area contributed by atoms with Crippen LogP contribution in [0, 0.1) is 0 Å². The largest absolute Gasteiger partial charge is 0.255 e. The average Bonchev–Trinajstić information content (AvgIpc) is 2.60. The van der Waals surface area contributed by atoms with E-state index in [-0.39, 0.29) is 6.42 Å². The van der Waals surface area contributed by atoms with E-state index in [0.717, 1.165) is 10.0 Å². The molecule has 0 spiro atoms. The lowest BCUT2D eigenvalue weighted by Gasteiger charge is -1.98. The van der Waals surface area contributed by atoms with Gasteiger partial charge in [0.05, 0.1) is 5.92 Å². The smallest absolute Gasteiger partial charge is 0.206 e. The van der Waals surface area contributed by atoms with E-state index in [4.69, 9.17) is 0 Å². The Morgan fingerprint density at radius 1 is 1.42 bits per heavy atom. The van der Waals surface area contributed by atoms with Crippen LogP contribution in [-0.4, -0.2) is 5.92 Å². The summed E-state index contributed by atoms with van der Waals surface area (Å²) in [5.74, 6) is -3.00. The summed E-state index contributed by atoms with van der Waals surface area (Å²) in [6.45, 7) is 0. The predicted molar refractivity (Wildman–Crippen MR) is 46.4 cm³/mol. The van der Waals surface area contributed by atoms with Crippen LogP contribution in [0.15, 0.2) is 28.7 Å². The molecule has 1 saturated carbocycles. The van der Waals surface area contributed by atoms with Crippen LogP contribution in [0.2, 0.25) is 0 Å². The van der Waals surface area contributed by atoms with Crippen molar-refractivity contribution in [2.75, 3.05) is 0 Å². The number of alkyl halides is 2. The molecule has 0 bridgehead atoms. The third kappa shape index (κ3) is 1.38. The molecule has 0 aromatic heterocycles. The Balaban J connectivity index is 2.26. The first-order valence-corrected chi connectivity index (χ1v) is 4.52. The molecular formula is C9H7BrF2. The van der Waals surface area contributed by atoms with Crippen LogP contribution in [-0.2, 0) is 0 Å². The van der Waals surface area contributed by atoms with Gasteiger partial charge in [-0.15, -0.1) is 0 Å². The van der Waals surface area contributed by atoms with E-state index in [0.29, 0.717) is 0 Å². The molecule has 64 valence electrons. The van der Waals surface area contributed by atoms with Crippen molar-refractivity contribution >= 4 is 15.9 Å². The molecule has 1 atom stereocenters. The maximum atomic E-state index is 12.6. The molecular weight excluding hydrogens is 226 g/mol. The van der Waals surface area contributed by atoms with Gasteiger partial charge in [-0.1, -0.05) is 28.1 Å². The summed E-state index contributed by atoms with van der Waals surface area (Å²) in [5, 5.41) is 0. The summed E-state index contributed by atoms with van der Waals surface area (Å²) < 4.78 is 26.1. The van der Waals surface area contributed by atoms with Crippen molar-refractivity contribution in [3.63, 3.8) is 0 Å². The number of hydrogen-bond donors (Lipinski definition) is 0. The molecule has 1 unspecified atom stereocenters. The van der Waals surface area contributed by atoms with E-state index < -0.39 is 11.8 Å². The first-order chi connectivity index (χ1) is 5.59. The maximum absolute atomic E-state index is 12.6. The maximum Gasteiger partial charge on any atom is 0.255 e. The molecule has 0 N–H and O–H groups in total. The Morgan fingerprint density at radius 3 is 2.58 bits per heavy atom. The van der Waals surface area contributed by atoms with Gasteiger partial charge < -0.3 is 0 Å². The van der Waals surface area contributed by atoms with E-state index >= 15 is 0 Å². The van der Waals surface area contributed by atoms with Crippen molar-refractivity contribution in [2.45, 2.75) is 18.3 Å². The molecule has 1 aromatic rings. The van der Waals surface area contributed by atoms with Crippen molar-refractivity contribution in [1.29, 1.82) is 0 Å². The normalized spacial score (nSPS) is 25.4. The second-order valence-corrected chi connectivity index (χ2v) is 3.99. The SMILES string of the molecule is FC1(F)CC1c1cccc(Br)c1. The van der Waals surface area contributed by atoms with Gasteiger partial charge in [0.25, 0.3) is 5.92 Å². The molecule has 1 aliphatic carbocycles. The van der Waals surface area contributed by atoms with E-state index in [1.165, 1.54) is 0 Å². The standard InChI is InChI=1S/C9H7BrF2/c10-7-3-1-2-6(4-7)8-5-9(8,11)12/h1-4,8H,5H2. The van der Waals surface area contributed by atoms with Gasteiger partial charge in [-0.3, -0.25) is 0 Å². The van der Waals surface area contributed by atoms with Crippen molar-refractivity contribution in [3.05, 3.63) is 34.3 Å². The molecule has 12 heavy (non-hydrogen) atoms. The van der Waals surface area contributed by atoms with Crippen LogP contribution in [0.25, 0.3) is 0 Å². The van der Waals surface area contributed by atoms with Crippen LogP contribution in [0.5, 0.6) is 0 Å². The van der Waals surface area contributed by atoms with Gasteiger partial charge in [0.15, 0.2) is 0 Å². The van der Waals surface area contributed by atoms with Crippen molar-refractivity contribution < 1.29 is 8.78 Å². The van der Waals surface area contributed by atoms with Gasteiger partial charge in [-0.25, -0.2) is 8.78 Å². The minimum Gasteiger partial charge on any atom is -0.206 e. The molecule has 0 aliphatic heterocycles. The fourth-order valence-electron chi connectivity index (χ4n) is 1.30. The first-order valence-electron chi connectivity index (χ1n) is 3.73. The Morgan fingerprint density at radius 2 is 2.08 bits per heavy atom. The highest BCUT2D eigenvalue weighted by Crippen LogP contribution is 2.55. The molecule has 1 fully saturated rings. The summed E-state index contributed by atoms with van der Waals surface area (Å²) in [6.07, 6.45) is 0.00343. The molecule has 0 saturated heterocycles. The third-order valence-electron chi connectivity index (χ3n) is 2.08. The van der Waals surface area contributed by atoms with Crippen molar-refractivity contribution in [1.82, 2.24) is 0 Å². The number of benzene rings is 1. The van der Waals surface area contributed by atoms with Crippen LogP contribution in [0.3, 0.4) is 0 Å². The average molecular weight is 233 g/mol. The molecule has 0 nitrogen and oxygen atoms in total. The molecule has 3 heteroatoms. The zero-order valence-corrected chi connectivity index (χ0v) is 7.81. The van der Waals surface area contributed by atoms with Crippen LogP contribution in [0.4, 0.5) is 8.78 Å². The fourth-order valence-corrected chi connectivity index (χ4v) is 1.72. The van der Waals surface area contributed by atoms with Crippen LogP contribution >= 0.6 is 15.9 Å². The van der Waals surface area contributed by atoms with Gasteiger partial charge in [-0.05, 0) is 17.7 Å². The lowest BCUT2D eigenvalue weighted by Crippen LogP contribution is -1.92. The van der Waals surface area contributed by atoms with Crippen molar-refractivity contribution in [2.24, 2.45) is 0 Å². The quantitative estimate of drug-likeness (QED) is 0.695. The Kier molecular flexibility index (Phi) is 1.72. The van der Waals surface area contributed by atoms with E-state index in [9.17, 15) is 8.78 Å². The lowest BCUT2D eigenvalue weighted by molar-refractivity contribution is 0.112. The molecule has 2 rings (SSSR count). The summed E-state index contributed by atoms with van der Waals surface area (Å²) in [6, 6.07) is 7.12. The summed E-state index contributed by atoms with van der Waals surface area (Å²) in [7, 11) is 0. The van der Waals surface area contributed by atoms with Crippen molar-refractivity contribution in [3.8, 4) is 0 Å². The van der Waals surface area contributed by atoms with E-state index in [1.54, 1.807) is 18.2 Å². The number of hydrogen-bond acceptors (Lipinski definition) is 0. The molecule has 1 aromatic carbocycles. The van der Waals surface area contributed by atoms with Gasteiger partial charge in [-0.2, -0.15) is 0 Å². The van der Waals surface area contributed by atoms with E-state index in [2.05, 4.69) is 15.9 Å². The number of rotatable bonds is 1. The summed E-state index contributed by atoms with van der Waals surface area (Å²) in [4.78, 5) is 0. The lowest BCUT2D eigenvalue weighted by atomic mass is 10.1. The fraction of sp³-hybridized carbons (Fsp3) is 0.333. The summed E-state index contributed by atoms with van der Waals surface area (Å²) >= 11 is 3.25. The summed E-state index contributed by atoms with van der Waals surface area (Å²) in [5.41, 5.74) is 0.731. The zero-order chi connectivity index (χ0) is 8.77. The molecule has 0 heterocycles. The Hall–Kier alpha value is -0.440. The Bertz CT molecular complexity index is 309. The molecule has 1 aliphatic rings. The Labute approximate surface area is 77.7 Å². The third-order valence-corrected chi connectivity index (χ3v) is 2.57. The topological polar surface area (TPSA) is 0 Å². The highest BCUT2D eigenvalue weighted by Gasteiger charge is 2.57. The number of halogens is 3. The first kappa shape index (κ1) is 8.17. The molecule has 0 radical (unpaired) electrons.